The summed E-state index contributed by atoms with van der Waals surface area (Å²) in [6.45, 7) is 15.1. The number of nitrogens with zero attached hydrogens (tertiary/aromatic N) is 4. The Kier molecular flexibility index (Phi) is 18.0. The van der Waals surface area contributed by atoms with Gasteiger partial charge in [-0.15, -0.1) is 11.8 Å². The van der Waals surface area contributed by atoms with Crippen molar-refractivity contribution in [2.24, 2.45) is 16.5 Å². The maximum absolute atomic E-state index is 12.7. The molecule has 1 saturated heterocycles. The minimum atomic E-state index is -1.19. The molecule has 2 unspecified atom stereocenters. The molecule has 52 heavy (non-hydrogen) atoms. The first-order valence-electron chi connectivity index (χ1n) is 18.1. The first-order chi connectivity index (χ1) is 24.9. The van der Waals surface area contributed by atoms with E-state index in [0.717, 1.165) is 116 Å². The van der Waals surface area contributed by atoms with Gasteiger partial charge in [0.05, 0.1) is 30.7 Å². The Bertz CT molecular complexity index is 1610. The molecular formula is C37H58N8O6S. The Morgan fingerprint density at radius 2 is 1.75 bits per heavy atom. The van der Waals surface area contributed by atoms with E-state index in [2.05, 4.69) is 63.6 Å². The van der Waals surface area contributed by atoms with Crippen molar-refractivity contribution in [1.29, 1.82) is 0 Å². The molecule has 3 rings (SSSR count). The minimum absolute atomic E-state index is 0.0516. The number of unbranched alkanes of at least 4 members (excludes halogenated alkanes) is 2. The second kappa shape index (κ2) is 22.1. The smallest absolute Gasteiger partial charge is 0.321 e. The second-order valence-corrected chi connectivity index (χ2v) is 14.3. The number of hydrogen-bond donors (Lipinski definition) is 6. The van der Waals surface area contributed by atoms with E-state index in [1.54, 1.807) is 7.11 Å². The number of thioether (sulfide) groups is 1. The van der Waals surface area contributed by atoms with E-state index in [1.165, 1.54) is 0 Å². The predicted octanol–water partition coefficient (Wildman–Crippen LogP) is 1.18. The van der Waals surface area contributed by atoms with Crippen LogP contribution >= 0.6 is 11.8 Å². The molecular weight excluding hydrogens is 685 g/mol. The predicted molar refractivity (Wildman–Crippen MR) is 208 cm³/mol. The highest BCUT2D eigenvalue weighted by molar-refractivity contribution is 8.00. The molecule has 2 aromatic rings. The van der Waals surface area contributed by atoms with Crippen molar-refractivity contribution >= 4 is 47.8 Å². The van der Waals surface area contributed by atoms with E-state index in [0.29, 0.717) is 25.5 Å². The molecule has 0 radical (unpaired) electrons. The van der Waals surface area contributed by atoms with Crippen LogP contribution in [0.4, 0.5) is 0 Å². The lowest BCUT2D eigenvalue weighted by Crippen LogP contribution is -2.48. The normalized spacial score (nSPS) is 15.9. The first-order valence-corrected chi connectivity index (χ1v) is 19.2. The maximum Gasteiger partial charge on any atom is 0.321 e. The number of carboxylic acids is 2. The number of hydrogen-bond acceptors (Lipinski definition) is 10. The Balaban J connectivity index is 1.59. The van der Waals surface area contributed by atoms with Gasteiger partial charge in [-0.2, -0.15) is 0 Å². The molecule has 0 saturated carbocycles. The molecule has 8 N–H and O–H groups in total. The van der Waals surface area contributed by atoms with Gasteiger partial charge < -0.3 is 41.6 Å². The summed E-state index contributed by atoms with van der Waals surface area (Å²) < 4.78 is 8.02. The molecule has 15 heteroatoms. The van der Waals surface area contributed by atoms with E-state index >= 15 is 0 Å². The number of nitrogens with two attached hydrogens (primary N) is 2. The van der Waals surface area contributed by atoms with Crippen molar-refractivity contribution in [3.63, 3.8) is 0 Å². The zero-order valence-electron chi connectivity index (χ0n) is 30.9. The van der Waals surface area contributed by atoms with Crippen molar-refractivity contribution in [1.82, 2.24) is 25.0 Å². The molecule has 0 bridgehead atoms. The van der Waals surface area contributed by atoms with Crippen LogP contribution in [0.2, 0.25) is 0 Å². The third-order valence-electron chi connectivity index (χ3n) is 8.84. The number of aromatic nitrogens is 1. The number of aliphatic imine (C=N–C) groups is 1. The van der Waals surface area contributed by atoms with E-state index in [4.69, 9.17) is 26.3 Å². The highest BCUT2D eigenvalue weighted by Gasteiger charge is 2.25. The van der Waals surface area contributed by atoms with E-state index in [-0.39, 0.29) is 5.75 Å². The van der Waals surface area contributed by atoms with E-state index in [1.807, 2.05) is 12.3 Å². The van der Waals surface area contributed by atoms with Gasteiger partial charge in [-0.3, -0.25) is 24.2 Å². The molecule has 1 fully saturated rings. The van der Waals surface area contributed by atoms with Crippen molar-refractivity contribution in [2.45, 2.75) is 76.8 Å². The van der Waals surface area contributed by atoms with Crippen LogP contribution < -0.4 is 37.4 Å². The van der Waals surface area contributed by atoms with Gasteiger partial charge in [0.25, 0.3) is 0 Å². The van der Waals surface area contributed by atoms with Crippen LogP contribution in [0.3, 0.4) is 0 Å². The molecule has 1 aromatic heterocycles. The lowest BCUT2D eigenvalue weighted by molar-refractivity contribution is -0.138. The zero-order chi connectivity index (χ0) is 38.0. The van der Waals surface area contributed by atoms with Gasteiger partial charge in [0.15, 0.2) is 5.82 Å². The van der Waals surface area contributed by atoms with Crippen molar-refractivity contribution in [3.8, 4) is 5.75 Å². The SMILES string of the molecule is C=c1ccn(Cc2ccc(CN3CCN(CCNC(=O)C(CC(=O)O)SCC(N)C(=O)O)CC3)cc2OC)/c1=C(/N=C(/N)CCC)NCCCCC. The number of aliphatic carboxylic acids is 2. The minimum Gasteiger partial charge on any atom is -0.496 e. The summed E-state index contributed by atoms with van der Waals surface area (Å²) in [4.78, 5) is 44.4. The maximum atomic E-state index is 12.7. The van der Waals surface area contributed by atoms with Crippen LogP contribution in [-0.2, 0) is 27.5 Å². The Morgan fingerprint density at radius 3 is 2.40 bits per heavy atom. The molecule has 0 spiro atoms. The molecule has 1 amide bonds. The van der Waals surface area contributed by atoms with Gasteiger partial charge in [-0.1, -0.05) is 45.4 Å². The van der Waals surface area contributed by atoms with Gasteiger partial charge in [-0.05, 0) is 35.8 Å². The summed E-state index contributed by atoms with van der Waals surface area (Å²) in [5.41, 5.74) is 14.0. The van der Waals surface area contributed by atoms with Gasteiger partial charge >= 0.3 is 11.9 Å². The van der Waals surface area contributed by atoms with Crippen molar-refractivity contribution < 1.29 is 29.3 Å². The molecule has 2 heterocycles. The number of piperazine rings is 1. The van der Waals surface area contributed by atoms with Crippen LogP contribution in [0.5, 0.6) is 5.75 Å². The highest BCUT2D eigenvalue weighted by atomic mass is 32.2. The number of ether oxygens (including phenoxy) is 1. The monoisotopic (exact) mass is 742 g/mol. The largest absolute Gasteiger partial charge is 0.496 e. The summed E-state index contributed by atoms with van der Waals surface area (Å²) in [7, 11) is 1.69. The van der Waals surface area contributed by atoms with Crippen LogP contribution in [0.1, 0.15) is 63.5 Å². The molecule has 2 atom stereocenters. The molecule has 288 valence electrons. The van der Waals surface area contributed by atoms with Gasteiger partial charge in [0.2, 0.25) is 5.91 Å². The summed E-state index contributed by atoms with van der Waals surface area (Å²) in [5.74, 6) is -0.647. The summed E-state index contributed by atoms with van der Waals surface area (Å²) in [6.07, 6.45) is 6.59. The number of benzene rings is 1. The van der Waals surface area contributed by atoms with Gasteiger partial charge in [0, 0.05) is 76.3 Å². The molecule has 1 aliphatic heterocycles. The van der Waals surface area contributed by atoms with Crippen LogP contribution in [0.25, 0.3) is 12.4 Å². The van der Waals surface area contributed by atoms with Crippen molar-refractivity contribution in [3.05, 3.63) is 52.2 Å². The van der Waals surface area contributed by atoms with Gasteiger partial charge in [0.1, 0.15) is 17.6 Å². The standard InChI is InChI=1S/C37H58N8O6S/c1-5-7-8-13-40-35(42-32(39)9-6-2)34-26(3)12-15-45(34)24-28-11-10-27(21-30(28)51-4)23-44-19-17-43(18-20-44)16-14-41-36(48)31(22-33(46)47)52-25-29(38)37(49)50/h10-12,15,21,29,31,40H,3,5-9,13-14,16-20,22-25,38H2,1-2,4H3,(H2,39,42)(H,41,48)(H,46,47)(H,49,50)/b35-34+. The molecule has 14 nitrogen and oxygen atoms in total. The lowest BCUT2D eigenvalue weighted by atomic mass is 10.1. The fourth-order valence-corrected chi connectivity index (χ4v) is 6.99. The third-order valence-corrected chi connectivity index (χ3v) is 10.2. The van der Waals surface area contributed by atoms with Crippen LogP contribution in [0.15, 0.2) is 35.5 Å². The quantitative estimate of drug-likeness (QED) is 0.0541. The average Bonchev–Trinajstić information content (AvgIpc) is 3.48. The third kappa shape index (κ3) is 13.8. The number of rotatable bonds is 23. The lowest BCUT2D eigenvalue weighted by Gasteiger charge is -2.34. The van der Waals surface area contributed by atoms with Crippen LogP contribution in [-0.4, -0.2) is 118 Å². The first kappa shape index (κ1) is 42.4. The van der Waals surface area contributed by atoms with E-state index < -0.39 is 35.6 Å². The summed E-state index contributed by atoms with van der Waals surface area (Å²) in [5, 5.41) is 25.4. The number of carboxylic acid groups (broad SMARTS) is 2. The second-order valence-electron chi connectivity index (χ2n) is 13.1. The van der Waals surface area contributed by atoms with Crippen molar-refractivity contribution in [2.75, 3.05) is 58.7 Å². The fraction of sp³-hybridized carbons (Fsp3) is 0.568. The Hall–Kier alpha value is -4.05. The highest BCUT2D eigenvalue weighted by Crippen LogP contribution is 2.23. The summed E-state index contributed by atoms with van der Waals surface area (Å²) in [6, 6.07) is 7.20. The van der Waals surface area contributed by atoms with Crippen LogP contribution in [0, 0.1) is 0 Å². The average molecular weight is 743 g/mol. The zero-order valence-corrected chi connectivity index (χ0v) is 31.8. The fourth-order valence-electron chi connectivity index (χ4n) is 5.91. The Labute approximate surface area is 311 Å². The summed E-state index contributed by atoms with van der Waals surface area (Å²) >= 11 is 0.951. The molecule has 0 aliphatic carbocycles. The number of methoxy groups -OCH3 is 1. The topological polar surface area (TPSA) is 201 Å². The Morgan fingerprint density at radius 1 is 1.02 bits per heavy atom. The number of carbonyl (C=O) groups is 3. The molecule has 1 aliphatic rings. The number of amidine groups is 1. The van der Waals surface area contributed by atoms with E-state index in [9.17, 15) is 19.5 Å². The molecule has 1 aromatic carbocycles. The number of carbonyl (C=O) groups excluding carboxylic acids is 1. The number of amides is 1. The number of nitrogens with one attached hydrogen (secondary N) is 2. The van der Waals surface area contributed by atoms with Gasteiger partial charge in [-0.25, -0.2) is 4.99 Å².